The monoisotopic (exact) mass is 284 g/mol. The van der Waals surface area contributed by atoms with E-state index in [9.17, 15) is 4.79 Å². The molecule has 0 aromatic carbocycles. The van der Waals surface area contributed by atoms with Gasteiger partial charge in [-0.2, -0.15) is 11.3 Å². The van der Waals surface area contributed by atoms with Crippen LogP contribution in [0.5, 0.6) is 0 Å². The van der Waals surface area contributed by atoms with E-state index in [2.05, 4.69) is 26.2 Å². The lowest BCUT2D eigenvalue weighted by Gasteiger charge is -2.02. The summed E-state index contributed by atoms with van der Waals surface area (Å²) in [4.78, 5) is 14.6. The maximum absolute atomic E-state index is 11.7. The van der Waals surface area contributed by atoms with Gasteiger partial charge in [0, 0.05) is 34.2 Å². The Hall–Kier alpha value is -1.07. The molecule has 2 N–H and O–H groups in total. The van der Waals surface area contributed by atoms with Crippen LogP contribution in [-0.2, 0) is 6.54 Å². The molecule has 2 aromatic heterocycles. The largest absolute Gasteiger partial charge is 0.367 e. The third kappa shape index (κ3) is 2.49. The van der Waals surface area contributed by atoms with Crippen molar-refractivity contribution in [2.75, 3.05) is 0 Å². The molecule has 78 valence electrons. The topological polar surface area (TPSA) is 44.9 Å². The summed E-state index contributed by atoms with van der Waals surface area (Å²) < 4.78 is 0.846. The summed E-state index contributed by atoms with van der Waals surface area (Å²) in [5.41, 5.74) is 1.75. The number of H-pyrrole nitrogens is 1. The van der Waals surface area contributed by atoms with Crippen molar-refractivity contribution in [3.63, 3.8) is 0 Å². The first-order valence-electron chi connectivity index (χ1n) is 4.39. The van der Waals surface area contributed by atoms with Gasteiger partial charge in [-0.05, 0) is 27.6 Å². The standard InChI is InChI=1S/C10H9BrN2OS/c11-9-6-15-5-8(9)10(14)13-4-7-1-2-12-3-7/h1-3,5-6,12H,4H2,(H,13,14). The number of amides is 1. The van der Waals surface area contributed by atoms with Crippen molar-refractivity contribution >= 4 is 33.2 Å². The number of thiophene rings is 1. The third-order valence-electron chi connectivity index (χ3n) is 1.97. The molecule has 2 rings (SSSR count). The second-order valence-corrected chi connectivity index (χ2v) is 4.63. The van der Waals surface area contributed by atoms with Crippen LogP contribution in [0.2, 0.25) is 0 Å². The van der Waals surface area contributed by atoms with Crippen molar-refractivity contribution in [1.82, 2.24) is 10.3 Å². The number of carbonyl (C=O) groups is 1. The molecule has 0 unspecified atom stereocenters. The third-order valence-corrected chi connectivity index (χ3v) is 3.68. The Morgan fingerprint density at radius 2 is 2.40 bits per heavy atom. The smallest absolute Gasteiger partial charge is 0.253 e. The van der Waals surface area contributed by atoms with E-state index < -0.39 is 0 Å². The van der Waals surface area contributed by atoms with Crippen LogP contribution in [0, 0.1) is 0 Å². The minimum atomic E-state index is -0.0516. The van der Waals surface area contributed by atoms with Crippen molar-refractivity contribution in [1.29, 1.82) is 0 Å². The SMILES string of the molecule is O=C(NCc1cc[nH]c1)c1cscc1Br. The molecule has 3 nitrogen and oxygen atoms in total. The highest BCUT2D eigenvalue weighted by Crippen LogP contribution is 2.20. The minimum Gasteiger partial charge on any atom is -0.367 e. The summed E-state index contributed by atoms with van der Waals surface area (Å²) in [7, 11) is 0. The lowest BCUT2D eigenvalue weighted by atomic mass is 10.3. The molecule has 2 heterocycles. The Labute approximate surface area is 99.6 Å². The minimum absolute atomic E-state index is 0.0516. The van der Waals surface area contributed by atoms with E-state index in [-0.39, 0.29) is 5.91 Å². The van der Waals surface area contributed by atoms with E-state index in [1.807, 2.05) is 29.2 Å². The van der Waals surface area contributed by atoms with Crippen molar-refractivity contribution in [3.05, 3.63) is 44.8 Å². The van der Waals surface area contributed by atoms with Gasteiger partial charge in [-0.15, -0.1) is 0 Å². The molecule has 0 saturated carbocycles. The van der Waals surface area contributed by atoms with Crippen molar-refractivity contribution in [2.24, 2.45) is 0 Å². The molecular formula is C10H9BrN2OS. The maximum atomic E-state index is 11.7. The maximum Gasteiger partial charge on any atom is 0.253 e. The normalized spacial score (nSPS) is 10.2. The average molecular weight is 285 g/mol. The molecule has 2 aromatic rings. The zero-order valence-electron chi connectivity index (χ0n) is 7.79. The number of carbonyl (C=O) groups excluding carboxylic acids is 1. The number of aromatic amines is 1. The average Bonchev–Trinajstić information content (AvgIpc) is 2.84. The lowest BCUT2D eigenvalue weighted by Crippen LogP contribution is -2.22. The van der Waals surface area contributed by atoms with Crippen LogP contribution in [-0.4, -0.2) is 10.9 Å². The first-order chi connectivity index (χ1) is 7.27. The van der Waals surface area contributed by atoms with Crippen molar-refractivity contribution in [3.8, 4) is 0 Å². The second kappa shape index (κ2) is 4.63. The van der Waals surface area contributed by atoms with Gasteiger partial charge in [-0.25, -0.2) is 0 Å². The van der Waals surface area contributed by atoms with E-state index in [1.54, 1.807) is 0 Å². The fraction of sp³-hybridized carbons (Fsp3) is 0.100. The molecule has 0 bridgehead atoms. The molecule has 0 aliphatic heterocycles. The molecule has 0 aliphatic carbocycles. The molecule has 0 spiro atoms. The van der Waals surface area contributed by atoms with Gasteiger partial charge in [0.25, 0.3) is 5.91 Å². The first-order valence-corrected chi connectivity index (χ1v) is 6.12. The molecule has 1 amide bonds. The molecular weight excluding hydrogens is 276 g/mol. The van der Waals surface area contributed by atoms with Gasteiger partial charge in [-0.1, -0.05) is 0 Å². The van der Waals surface area contributed by atoms with Gasteiger partial charge in [-0.3, -0.25) is 4.79 Å². The van der Waals surface area contributed by atoms with Gasteiger partial charge in [0.1, 0.15) is 0 Å². The highest BCUT2D eigenvalue weighted by atomic mass is 79.9. The van der Waals surface area contributed by atoms with Crippen LogP contribution in [0.1, 0.15) is 15.9 Å². The zero-order chi connectivity index (χ0) is 10.7. The number of hydrogen-bond acceptors (Lipinski definition) is 2. The quantitative estimate of drug-likeness (QED) is 0.895. The van der Waals surface area contributed by atoms with Crippen LogP contribution in [0.15, 0.2) is 33.7 Å². The van der Waals surface area contributed by atoms with Gasteiger partial charge < -0.3 is 10.3 Å². The van der Waals surface area contributed by atoms with E-state index in [1.165, 1.54) is 11.3 Å². The summed E-state index contributed by atoms with van der Waals surface area (Å²) in [5, 5.41) is 6.57. The van der Waals surface area contributed by atoms with Crippen LogP contribution in [0.4, 0.5) is 0 Å². The summed E-state index contributed by atoms with van der Waals surface area (Å²) in [6, 6.07) is 1.93. The van der Waals surface area contributed by atoms with Crippen LogP contribution in [0.3, 0.4) is 0 Å². The van der Waals surface area contributed by atoms with Crippen LogP contribution in [0.25, 0.3) is 0 Å². The fourth-order valence-corrected chi connectivity index (χ4v) is 2.64. The van der Waals surface area contributed by atoms with Crippen LogP contribution >= 0.6 is 27.3 Å². The first kappa shape index (κ1) is 10.4. The summed E-state index contributed by atoms with van der Waals surface area (Å²) in [6.45, 7) is 0.546. The fourth-order valence-electron chi connectivity index (χ4n) is 1.19. The van der Waals surface area contributed by atoms with Crippen molar-refractivity contribution < 1.29 is 4.79 Å². The van der Waals surface area contributed by atoms with Crippen LogP contribution < -0.4 is 5.32 Å². The Morgan fingerprint density at radius 1 is 1.53 bits per heavy atom. The molecule has 0 fully saturated rings. The molecule has 0 aliphatic rings. The Balaban J connectivity index is 1.96. The highest BCUT2D eigenvalue weighted by Gasteiger charge is 2.09. The van der Waals surface area contributed by atoms with Gasteiger partial charge in [0.2, 0.25) is 0 Å². The molecule has 15 heavy (non-hydrogen) atoms. The number of hydrogen-bond donors (Lipinski definition) is 2. The van der Waals surface area contributed by atoms with E-state index in [4.69, 9.17) is 0 Å². The van der Waals surface area contributed by atoms with E-state index in [0.717, 1.165) is 10.0 Å². The predicted octanol–water partition coefficient (Wildman–Crippen LogP) is 2.77. The Morgan fingerprint density at radius 3 is 3.00 bits per heavy atom. The zero-order valence-corrected chi connectivity index (χ0v) is 10.2. The van der Waals surface area contributed by atoms with E-state index >= 15 is 0 Å². The molecule has 5 heteroatoms. The number of nitrogens with one attached hydrogen (secondary N) is 2. The summed E-state index contributed by atoms with van der Waals surface area (Å²) in [5.74, 6) is -0.0516. The van der Waals surface area contributed by atoms with Gasteiger partial charge in [0.15, 0.2) is 0 Å². The molecule has 0 saturated heterocycles. The summed E-state index contributed by atoms with van der Waals surface area (Å²) in [6.07, 6.45) is 3.70. The molecule has 0 atom stereocenters. The number of halogens is 1. The second-order valence-electron chi connectivity index (χ2n) is 3.04. The number of rotatable bonds is 3. The summed E-state index contributed by atoms with van der Waals surface area (Å²) >= 11 is 4.83. The number of aromatic nitrogens is 1. The van der Waals surface area contributed by atoms with E-state index in [0.29, 0.717) is 12.1 Å². The Bertz CT molecular complexity index is 450. The van der Waals surface area contributed by atoms with Gasteiger partial charge >= 0.3 is 0 Å². The lowest BCUT2D eigenvalue weighted by molar-refractivity contribution is 0.0950. The highest BCUT2D eigenvalue weighted by molar-refractivity contribution is 9.10. The van der Waals surface area contributed by atoms with Gasteiger partial charge in [0.05, 0.1) is 5.56 Å². The van der Waals surface area contributed by atoms with Crippen molar-refractivity contribution in [2.45, 2.75) is 6.54 Å². The Kier molecular flexibility index (Phi) is 3.23. The molecule has 0 radical (unpaired) electrons. The predicted molar refractivity (Wildman–Crippen MR) is 64.0 cm³/mol.